The maximum absolute atomic E-state index is 2.37. The molecule has 0 aliphatic carbocycles. The number of hydrogen-bond acceptors (Lipinski definition) is 1. The minimum Gasteiger partial charge on any atom is -0.310 e. The molecule has 11 aromatic carbocycles. The van der Waals surface area contributed by atoms with E-state index < -0.39 is 0 Å². The van der Waals surface area contributed by atoms with Crippen molar-refractivity contribution in [2.45, 2.75) is 0 Å². The predicted octanol–water partition coefficient (Wildman–Crippen LogP) is 15.9. The molecular formula is C56H37N. The number of benzene rings is 11. The molecule has 0 aliphatic rings. The zero-order chi connectivity index (χ0) is 37.7. The van der Waals surface area contributed by atoms with Crippen molar-refractivity contribution in [3.63, 3.8) is 0 Å². The van der Waals surface area contributed by atoms with E-state index in [1.807, 2.05) is 0 Å². The van der Waals surface area contributed by atoms with Gasteiger partial charge in [-0.05, 0) is 136 Å². The number of rotatable bonds is 6. The lowest BCUT2D eigenvalue weighted by Crippen LogP contribution is -2.10. The van der Waals surface area contributed by atoms with Crippen LogP contribution >= 0.6 is 0 Å². The second-order valence-electron chi connectivity index (χ2n) is 14.9. The van der Waals surface area contributed by atoms with E-state index in [1.165, 1.54) is 87.2 Å². The normalized spacial score (nSPS) is 11.5. The van der Waals surface area contributed by atoms with Crippen LogP contribution in [-0.4, -0.2) is 0 Å². The molecule has 0 aromatic heterocycles. The van der Waals surface area contributed by atoms with E-state index in [0.717, 1.165) is 17.1 Å². The fourth-order valence-electron chi connectivity index (χ4n) is 8.80. The van der Waals surface area contributed by atoms with E-state index in [0.29, 0.717) is 0 Å². The Kier molecular flexibility index (Phi) is 7.89. The summed E-state index contributed by atoms with van der Waals surface area (Å²) >= 11 is 0. The molecule has 11 rings (SSSR count). The Labute approximate surface area is 332 Å². The summed E-state index contributed by atoms with van der Waals surface area (Å²) in [5.74, 6) is 0. The van der Waals surface area contributed by atoms with E-state index >= 15 is 0 Å². The monoisotopic (exact) mass is 723 g/mol. The van der Waals surface area contributed by atoms with E-state index in [4.69, 9.17) is 0 Å². The van der Waals surface area contributed by atoms with Crippen molar-refractivity contribution in [3.8, 4) is 33.4 Å². The molecule has 0 heterocycles. The summed E-state index contributed by atoms with van der Waals surface area (Å²) < 4.78 is 0. The van der Waals surface area contributed by atoms with Gasteiger partial charge < -0.3 is 4.90 Å². The first kappa shape index (κ1) is 32.9. The largest absolute Gasteiger partial charge is 0.310 e. The fraction of sp³-hybridized carbons (Fsp3) is 0. The quantitative estimate of drug-likeness (QED) is 0.154. The van der Waals surface area contributed by atoms with Crippen LogP contribution in [0.15, 0.2) is 224 Å². The van der Waals surface area contributed by atoms with Crippen LogP contribution in [0.4, 0.5) is 17.1 Å². The Morgan fingerprint density at radius 2 is 0.667 bits per heavy atom. The van der Waals surface area contributed by atoms with Gasteiger partial charge in [0.15, 0.2) is 0 Å². The molecule has 0 spiro atoms. The van der Waals surface area contributed by atoms with E-state index in [9.17, 15) is 0 Å². The summed E-state index contributed by atoms with van der Waals surface area (Å²) in [5.41, 5.74) is 10.5. The summed E-state index contributed by atoms with van der Waals surface area (Å²) in [6, 6.07) is 82.0. The summed E-state index contributed by atoms with van der Waals surface area (Å²) in [7, 11) is 0. The van der Waals surface area contributed by atoms with Crippen LogP contribution in [0.1, 0.15) is 0 Å². The Balaban J connectivity index is 0.990. The topological polar surface area (TPSA) is 3.24 Å². The molecule has 11 aromatic rings. The van der Waals surface area contributed by atoms with Crippen LogP contribution in [-0.2, 0) is 0 Å². The van der Waals surface area contributed by atoms with Crippen molar-refractivity contribution in [1.82, 2.24) is 0 Å². The SMILES string of the molecule is c1ccc(-c2cccc(N(c3ccc(-c4ccc5c(ccc6c7ccccc7ccc56)c4)cc3)c3ccc(-c4cc5ccccc5c5ccccc45)cc3)c2)cc1. The standard InChI is InChI=1S/C56H37N/c1-2-11-38(12-3-1)42-15-10-16-48(36-42)57(47-30-23-41(24-31-47)56-37-44-14-5-7-18-50(44)52-19-8-9-20-53(52)56)46-28-21-39(22-29-46)43-26-32-51-45(35-43)27-34-54-49-17-6-4-13-40(49)25-33-55(51)54/h1-37H. The first-order chi connectivity index (χ1) is 28.2. The predicted molar refractivity (Wildman–Crippen MR) is 245 cm³/mol. The molecule has 0 radical (unpaired) electrons. The van der Waals surface area contributed by atoms with Crippen LogP contribution in [0.3, 0.4) is 0 Å². The van der Waals surface area contributed by atoms with Crippen molar-refractivity contribution < 1.29 is 0 Å². The molecule has 0 N–H and O–H groups in total. The zero-order valence-electron chi connectivity index (χ0n) is 31.3. The Bertz CT molecular complexity index is 3270. The molecule has 0 fully saturated rings. The van der Waals surface area contributed by atoms with Gasteiger partial charge in [0.25, 0.3) is 0 Å². The van der Waals surface area contributed by atoms with Crippen LogP contribution < -0.4 is 4.90 Å². The third kappa shape index (κ3) is 5.80. The average molecular weight is 724 g/mol. The van der Waals surface area contributed by atoms with Gasteiger partial charge in [0.2, 0.25) is 0 Å². The Morgan fingerprint density at radius 1 is 0.211 bits per heavy atom. The average Bonchev–Trinajstić information content (AvgIpc) is 3.29. The van der Waals surface area contributed by atoms with Crippen LogP contribution in [0.5, 0.6) is 0 Å². The maximum atomic E-state index is 2.37. The van der Waals surface area contributed by atoms with Crippen molar-refractivity contribution >= 4 is 70.9 Å². The second-order valence-corrected chi connectivity index (χ2v) is 14.9. The smallest absolute Gasteiger partial charge is 0.0467 e. The van der Waals surface area contributed by atoms with Gasteiger partial charge in [-0.2, -0.15) is 0 Å². The highest BCUT2D eigenvalue weighted by Crippen LogP contribution is 2.41. The lowest BCUT2D eigenvalue weighted by atomic mass is 9.93. The summed E-state index contributed by atoms with van der Waals surface area (Å²) in [5, 5.41) is 12.8. The fourth-order valence-corrected chi connectivity index (χ4v) is 8.80. The van der Waals surface area contributed by atoms with E-state index in [2.05, 4.69) is 229 Å². The molecule has 1 heteroatoms. The minimum absolute atomic E-state index is 1.10. The number of nitrogens with zero attached hydrogens (tertiary/aromatic N) is 1. The molecule has 0 unspecified atom stereocenters. The molecule has 0 saturated heterocycles. The molecular weight excluding hydrogens is 687 g/mol. The number of hydrogen-bond donors (Lipinski definition) is 0. The van der Waals surface area contributed by atoms with Gasteiger partial charge in [-0.25, -0.2) is 0 Å². The van der Waals surface area contributed by atoms with Gasteiger partial charge in [0.05, 0.1) is 0 Å². The van der Waals surface area contributed by atoms with Gasteiger partial charge in [0.1, 0.15) is 0 Å². The van der Waals surface area contributed by atoms with Crippen molar-refractivity contribution in [2.24, 2.45) is 0 Å². The summed E-state index contributed by atoms with van der Waals surface area (Å²) in [6.45, 7) is 0. The third-order valence-electron chi connectivity index (χ3n) is 11.6. The highest BCUT2D eigenvalue weighted by atomic mass is 15.1. The second kappa shape index (κ2) is 13.7. The van der Waals surface area contributed by atoms with Gasteiger partial charge in [-0.15, -0.1) is 0 Å². The lowest BCUT2D eigenvalue weighted by molar-refractivity contribution is 1.28. The van der Waals surface area contributed by atoms with Crippen LogP contribution in [0.25, 0.3) is 87.2 Å². The number of fused-ring (bicyclic) bond motifs is 8. The Morgan fingerprint density at radius 3 is 1.40 bits per heavy atom. The van der Waals surface area contributed by atoms with Gasteiger partial charge >= 0.3 is 0 Å². The van der Waals surface area contributed by atoms with Crippen LogP contribution in [0, 0.1) is 0 Å². The number of anilines is 3. The van der Waals surface area contributed by atoms with Crippen molar-refractivity contribution in [2.75, 3.05) is 4.90 Å². The first-order valence-electron chi connectivity index (χ1n) is 19.7. The lowest BCUT2D eigenvalue weighted by Gasteiger charge is -2.26. The molecule has 0 atom stereocenters. The van der Waals surface area contributed by atoms with E-state index in [1.54, 1.807) is 0 Å². The zero-order valence-corrected chi connectivity index (χ0v) is 31.3. The first-order valence-corrected chi connectivity index (χ1v) is 19.7. The summed E-state index contributed by atoms with van der Waals surface area (Å²) in [4.78, 5) is 2.37. The minimum atomic E-state index is 1.10. The molecule has 57 heavy (non-hydrogen) atoms. The highest BCUT2D eigenvalue weighted by molar-refractivity contribution is 6.18. The molecule has 0 bridgehead atoms. The molecule has 266 valence electrons. The molecule has 0 aliphatic heterocycles. The third-order valence-corrected chi connectivity index (χ3v) is 11.6. The van der Waals surface area contributed by atoms with Gasteiger partial charge in [-0.1, -0.05) is 176 Å². The van der Waals surface area contributed by atoms with Crippen molar-refractivity contribution in [3.05, 3.63) is 224 Å². The Hall–Kier alpha value is -7.48. The molecule has 1 nitrogen and oxygen atoms in total. The van der Waals surface area contributed by atoms with E-state index in [-0.39, 0.29) is 0 Å². The van der Waals surface area contributed by atoms with Crippen LogP contribution in [0.2, 0.25) is 0 Å². The van der Waals surface area contributed by atoms with Gasteiger partial charge in [-0.3, -0.25) is 0 Å². The maximum Gasteiger partial charge on any atom is 0.0467 e. The van der Waals surface area contributed by atoms with Gasteiger partial charge in [0, 0.05) is 17.1 Å². The molecule has 0 saturated carbocycles. The highest BCUT2D eigenvalue weighted by Gasteiger charge is 2.16. The molecule has 0 amide bonds. The summed E-state index contributed by atoms with van der Waals surface area (Å²) in [6.07, 6.45) is 0. The van der Waals surface area contributed by atoms with Crippen molar-refractivity contribution in [1.29, 1.82) is 0 Å².